The monoisotopic (exact) mass is 332 g/mol. The second-order valence-corrected chi connectivity index (χ2v) is 6.50. The molecule has 0 saturated carbocycles. The summed E-state index contributed by atoms with van der Waals surface area (Å²) in [4.78, 5) is -0.297. The van der Waals surface area contributed by atoms with Gasteiger partial charge in [0.1, 0.15) is 10.9 Å². The van der Waals surface area contributed by atoms with Crippen LogP contribution in [0.4, 0.5) is 13.2 Å². The number of halogens is 4. The molecule has 1 N–H and O–H groups in total. The second kappa shape index (κ2) is 5.57. The number of hydrogen-bond acceptors (Lipinski definition) is 2. The molecular formula is C11H16ClF3N2O2S. The normalized spacial score (nSPS) is 14.6. The van der Waals surface area contributed by atoms with Crippen molar-refractivity contribution in [2.45, 2.75) is 44.3 Å². The molecule has 0 aliphatic rings. The lowest BCUT2D eigenvalue weighted by Crippen LogP contribution is -2.43. The van der Waals surface area contributed by atoms with E-state index in [0.717, 1.165) is 6.92 Å². The summed E-state index contributed by atoms with van der Waals surface area (Å²) in [6.45, 7) is 4.02. The minimum Gasteiger partial charge on any atom is -0.349 e. The van der Waals surface area contributed by atoms with Crippen molar-refractivity contribution in [2.75, 3.05) is 0 Å². The first-order valence-corrected chi connectivity index (χ1v) is 7.72. The standard InChI is InChI=1S/C11H16ClF3N2O2S/c1-5-8-9(12)10(6(2)17(8)4)20(18,19)16-7(3)11(13,14)15/h7,16H,5H2,1-4H3/t7-/m1/s1. The molecule has 116 valence electrons. The molecule has 0 bridgehead atoms. The summed E-state index contributed by atoms with van der Waals surface area (Å²) in [6.07, 6.45) is -4.18. The van der Waals surface area contributed by atoms with Gasteiger partial charge >= 0.3 is 6.18 Å². The van der Waals surface area contributed by atoms with E-state index in [1.165, 1.54) is 6.92 Å². The van der Waals surface area contributed by atoms with Crippen LogP contribution in [0.2, 0.25) is 5.02 Å². The van der Waals surface area contributed by atoms with Crippen LogP contribution in [0, 0.1) is 6.92 Å². The zero-order valence-electron chi connectivity index (χ0n) is 11.5. The Morgan fingerprint density at radius 2 is 1.90 bits per heavy atom. The molecule has 9 heteroatoms. The van der Waals surface area contributed by atoms with Crippen LogP contribution >= 0.6 is 11.6 Å². The molecule has 0 saturated heterocycles. The Morgan fingerprint density at radius 3 is 2.25 bits per heavy atom. The molecule has 1 heterocycles. The Labute approximate surface area is 121 Å². The van der Waals surface area contributed by atoms with E-state index in [-0.39, 0.29) is 9.92 Å². The molecule has 1 aromatic rings. The van der Waals surface area contributed by atoms with Gasteiger partial charge in [0.2, 0.25) is 10.0 Å². The SMILES string of the molecule is CCc1c(Cl)c(S(=O)(=O)N[C@H](C)C(F)(F)F)c(C)n1C. The Morgan fingerprint density at radius 1 is 1.40 bits per heavy atom. The molecule has 4 nitrogen and oxygen atoms in total. The minimum absolute atomic E-state index is 0.0330. The molecule has 1 rings (SSSR count). The van der Waals surface area contributed by atoms with Crippen LogP contribution < -0.4 is 4.72 Å². The largest absolute Gasteiger partial charge is 0.404 e. The highest BCUT2D eigenvalue weighted by Gasteiger charge is 2.40. The van der Waals surface area contributed by atoms with Crippen LogP contribution in [0.25, 0.3) is 0 Å². The highest BCUT2D eigenvalue weighted by Crippen LogP contribution is 2.32. The number of alkyl halides is 3. The van der Waals surface area contributed by atoms with E-state index in [1.807, 2.05) is 0 Å². The van der Waals surface area contributed by atoms with Gasteiger partial charge in [-0.2, -0.15) is 17.9 Å². The molecule has 0 aliphatic carbocycles. The van der Waals surface area contributed by atoms with Gasteiger partial charge in [0.05, 0.1) is 5.02 Å². The molecule has 0 unspecified atom stereocenters. The Bertz CT molecular complexity index is 608. The quantitative estimate of drug-likeness (QED) is 0.921. The van der Waals surface area contributed by atoms with Crippen molar-refractivity contribution in [3.8, 4) is 0 Å². The number of nitrogens with one attached hydrogen (secondary N) is 1. The van der Waals surface area contributed by atoms with Crippen molar-refractivity contribution in [3.63, 3.8) is 0 Å². The molecule has 0 amide bonds. The van der Waals surface area contributed by atoms with Crippen LogP contribution in [0.1, 0.15) is 25.2 Å². The van der Waals surface area contributed by atoms with Gasteiger partial charge < -0.3 is 4.57 Å². The van der Waals surface area contributed by atoms with Gasteiger partial charge in [-0.15, -0.1) is 0 Å². The van der Waals surface area contributed by atoms with Crippen LogP contribution in [0.3, 0.4) is 0 Å². The van der Waals surface area contributed by atoms with Gasteiger partial charge in [-0.05, 0) is 20.3 Å². The van der Waals surface area contributed by atoms with Crippen molar-refractivity contribution < 1.29 is 21.6 Å². The predicted molar refractivity (Wildman–Crippen MR) is 70.4 cm³/mol. The lowest BCUT2D eigenvalue weighted by atomic mass is 10.3. The van der Waals surface area contributed by atoms with Crippen LogP contribution in [-0.4, -0.2) is 25.2 Å². The summed E-state index contributed by atoms with van der Waals surface area (Å²) in [5.41, 5.74) is 0.859. The molecule has 0 fully saturated rings. The number of sulfonamides is 1. The van der Waals surface area contributed by atoms with Gasteiger partial charge in [-0.3, -0.25) is 0 Å². The van der Waals surface area contributed by atoms with E-state index in [1.54, 1.807) is 23.3 Å². The summed E-state index contributed by atoms with van der Waals surface area (Å²) in [7, 11) is -2.72. The summed E-state index contributed by atoms with van der Waals surface area (Å²) in [5.74, 6) is 0. The third-order valence-electron chi connectivity index (χ3n) is 3.12. The minimum atomic E-state index is -4.66. The molecule has 1 atom stereocenters. The first kappa shape index (κ1) is 17.3. The second-order valence-electron chi connectivity index (χ2n) is 4.47. The number of rotatable bonds is 4. The average Bonchev–Trinajstić information content (AvgIpc) is 2.48. The van der Waals surface area contributed by atoms with Crippen LogP contribution in [0.15, 0.2) is 4.90 Å². The average molecular weight is 333 g/mol. The Kier molecular flexibility index (Phi) is 4.83. The first-order chi connectivity index (χ1) is 8.93. The highest BCUT2D eigenvalue weighted by atomic mass is 35.5. The third kappa shape index (κ3) is 3.12. The van der Waals surface area contributed by atoms with Gasteiger partial charge in [0.25, 0.3) is 0 Å². The van der Waals surface area contributed by atoms with E-state index in [4.69, 9.17) is 11.6 Å². The Hall–Kier alpha value is -0.730. The molecule has 0 aliphatic heterocycles. The van der Waals surface area contributed by atoms with Crippen molar-refractivity contribution in [3.05, 3.63) is 16.4 Å². The first-order valence-electron chi connectivity index (χ1n) is 5.86. The molecule has 1 aromatic heterocycles. The van der Waals surface area contributed by atoms with Crippen molar-refractivity contribution in [1.29, 1.82) is 0 Å². The zero-order chi connectivity index (χ0) is 15.9. The number of aromatic nitrogens is 1. The smallest absolute Gasteiger partial charge is 0.349 e. The molecule has 20 heavy (non-hydrogen) atoms. The molecule has 0 radical (unpaired) electrons. The third-order valence-corrected chi connectivity index (χ3v) is 5.34. The maximum atomic E-state index is 12.5. The van der Waals surface area contributed by atoms with Gasteiger partial charge in [-0.25, -0.2) is 8.42 Å². The van der Waals surface area contributed by atoms with Gasteiger partial charge in [-0.1, -0.05) is 18.5 Å². The fourth-order valence-electron chi connectivity index (χ4n) is 1.86. The fraction of sp³-hybridized carbons (Fsp3) is 0.636. The van der Waals surface area contributed by atoms with Crippen LogP contribution in [-0.2, 0) is 23.5 Å². The Balaban J connectivity index is 3.31. The van der Waals surface area contributed by atoms with E-state index < -0.39 is 22.2 Å². The van der Waals surface area contributed by atoms with E-state index in [2.05, 4.69) is 0 Å². The van der Waals surface area contributed by atoms with E-state index >= 15 is 0 Å². The number of hydrogen-bond donors (Lipinski definition) is 1. The summed E-state index contributed by atoms with van der Waals surface area (Å²) in [6, 6.07) is -2.19. The van der Waals surface area contributed by atoms with E-state index in [0.29, 0.717) is 17.8 Å². The van der Waals surface area contributed by atoms with Crippen molar-refractivity contribution in [1.82, 2.24) is 9.29 Å². The fourth-order valence-corrected chi connectivity index (χ4v) is 4.15. The maximum absolute atomic E-state index is 12.5. The zero-order valence-corrected chi connectivity index (χ0v) is 13.0. The topological polar surface area (TPSA) is 51.1 Å². The summed E-state index contributed by atoms with van der Waals surface area (Å²) in [5, 5.41) is -0.0330. The molecular weight excluding hydrogens is 317 g/mol. The lowest BCUT2D eigenvalue weighted by Gasteiger charge is -2.17. The lowest BCUT2D eigenvalue weighted by molar-refractivity contribution is -0.147. The maximum Gasteiger partial charge on any atom is 0.404 e. The van der Waals surface area contributed by atoms with E-state index in [9.17, 15) is 21.6 Å². The van der Waals surface area contributed by atoms with Crippen molar-refractivity contribution >= 4 is 21.6 Å². The molecule has 0 spiro atoms. The predicted octanol–water partition coefficient (Wildman–Crippen LogP) is 2.78. The summed E-state index contributed by atoms with van der Waals surface area (Å²) < 4.78 is 64.8. The summed E-state index contributed by atoms with van der Waals surface area (Å²) >= 11 is 6.00. The molecule has 0 aromatic carbocycles. The van der Waals surface area contributed by atoms with Crippen molar-refractivity contribution in [2.24, 2.45) is 7.05 Å². The van der Waals surface area contributed by atoms with Gasteiger partial charge in [0.15, 0.2) is 0 Å². The van der Waals surface area contributed by atoms with Gasteiger partial charge in [0, 0.05) is 18.4 Å². The van der Waals surface area contributed by atoms with Crippen LogP contribution in [0.5, 0.6) is 0 Å². The highest BCUT2D eigenvalue weighted by molar-refractivity contribution is 7.89. The number of nitrogens with zero attached hydrogens (tertiary/aromatic N) is 1.